The van der Waals surface area contributed by atoms with E-state index in [0.29, 0.717) is 66.0 Å². The summed E-state index contributed by atoms with van der Waals surface area (Å²) in [5, 5.41) is 0.452. The maximum atomic E-state index is 13.6. The Morgan fingerprint density at radius 3 is 2.43 bits per heavy atom. The summed E-state index contributed by atoms with van der Waals surface area (Å²) < 4.78 is 16.4. The molecule has 4 N–H and O–H groups in total. The Kier molecular flexibility index (Phi) is 8.98. The normalized spacial score (nSPS) is 13.8. The summed E-state index contributed by atoms with van der Waals surface area (Å²) in [6, 6.07) is 13.7. The number of Topliss-reactive ketones (excluding diaryl/α,β-unsaturated/α-hetero) is 1. The summed E-state index contributed by atoms with van der Waals surface area (Å²) >= 11 is 0. The molecule has 5 rings (SSSR count). The minimum absolute atomic E-state index is 0.200. The number of carbonyl (C=O) groups excluding carboxylic acids is 2. The van der Waals surface area contributed by atoms with Crippen LogP contribution in [0.1, 0.15) is 41.3 Å². The highest BCUT2D eigenvalue weighted by atomic mass is 16.5. The van der Waals surface area contributed by atoms with Gasteiger partial charge >= 0.3 is 0 Å². The first-order chi connectivity index (χ1) is 21.4. The average molecular weight is 597 g/mol. The highest BCUT2D eigenvalue weighted by Gasteiger charge is 2.31. The number of nitrogens with two attached hydrogens (primary N) is 1. The zero-order chi connectivity index (χ0) is 31.2. The van der Waals surface area contributed by atoms with Crippen LogP contribution in [0.2, 0.25) is 0 Å². The number of hydrogen-bond donors (Lipinski definition) is 3. The van der Waals surface area contributed by atoms with E-state index in [9.17, 15) is 9.59 Å². The van der Waals surface area contributed by atoms with Crippen molar-refractivity contribution in [3.8, 4) is 17.5 Å². The minimum Gasteiger partial charge on any atom is -0.493 e. The van der Waals surface area contributed by atoms with Crippen LogP contribution in [0.5, 0.6) is 17.5 Å². The summed E-state index contributed by atoms with van der Waals surface area (Å²) in [6.45, 7) is 2.41. The second-order valence-electron chi connectivity index (χ2n) is 10.0. The van der Waals surface area contributed by atoms with Crippen molar-refractivity contribution >= 4 is 46.2 Å². The largest absolute Gasteiger partial charge is 0.493 e. The lowest BCUT2D eigenvalue weighted by atomic mass is 9.88. The number of aromatic amines is 1. The van der Waals surface area contributed by atoms with Crippen LogP contribution in [0.4, 0.5) is 5.82 Å². The third kappa shape index (κ3) is 6.00. The van der Waals surface area contributed by atoms with Crippen LogP contribution in [0.3, 0.4) is 0 Å². The molecule has 1 aromatic carbocycles. The molecule has 0 spiro atoms. The molecule has 12 heteroatoms. The molecule has 1 saturated heterocycles. The lowest BCUT2D eigenvalue weighted by molar-refractivity contribution is -0.351. The summed E-state index contributed by atoms with van der Waals surface area (Å²) in [5.74, 6) is 0.809. The second kappa shape index (κ2) is 13.2. The number of H-pyrrole nitrogens is 1. The smallest absolute Gasteiger partial charge is 0.295 e. The molecule has 4 aromatic rings. The van der Waals surface area contributed by atoms with E-state index < -0.39 is 11.7 Å². The Balaban J connectivity index is 1.43. The van der Waals surface area contributed by atoms with E-state index in [1.165, 1.54) is 25.8 Å². The standard InChI is InChI=1S/C32H33N7O5/c1-19(33)36-18-37-30-28-27(24(42-2)17-35-30)23(16-34-28)29(40)32(41)39-14-12-21(13-15-39)26(20-8-6-5-7-9-20)22-10-11-25(43-3)38-31(22)44-4/h5-11,16-18,34H,12-15H2,1-4H3,(H2,33,35,36,37)/p+1. The molecule has 4 heterocycles. The van der Waals surface area contributed by atoms with Crippen LogP contribution in [0, 0.1) is 0 Å². The minimum atomic E-state index is -0.636. The van der Waals surface area contributed by atoms with E-state index in [4.69, 9.17) is 19.9 Å². The zero-order valence-electron chi connectivity index (χ0n) is 25.0. The molecule has 1 aliphatic heterocycles. The molecular weight excluding hydrogens is 562 g/mol. The Morgan fingerprint density at radius 2 is 1.77 bits per heavy atom. The average Bonchev–Trinajstić information content (AvgIpc) is 3.51. The van der Waals surface area contributed by atoms with Crippen LogP contribution < -0.4 is 24.9 Å². The predicted molar refractivity (Wildman–Crippen MR) is 167 cm³/mol. The number of ketones is 1. The highest BCUT2D eigenvalue weighted by Crippen LogP contribution is 2.37. The lowest BCUT2D eigenvalue weighted by Gasteiger charge is -2.30. The first kappa shape index (κ1) is 30.0. The summed E-state index contributed by atoms with van der Waals surface area (Å²) in [5.41, 5.74) is 10.3. The van der Waals surface area contributed by atoms with Gasteiger partial charge in [-0.05, 0) is 30.0 Å². The van der Waals surface area contributed by atoms with Gasteiger partial charge in [0.1, 0.15) is 11.7 Å². The van der Waals surface area contributed by atoms with Gasteiger partial charge in [-0.2, -0.15) is 4.98 Å². The SMILES string of the molecule is COc1ccc(C(=C2CCN(C(=O)C(=O)c3c[nH]c4c([NH+]=CN=C(C)N)ncc(OC)c34)CC2)c2ccccc2)c(OC)n1. The van der Waals surface area contributed by atoms with Gasteiger partial charge in [-0.15, -0.1) is 4.98 Å². The van der Waals surface area contributed by atoms with E-state index in [1.54, 1.807) is 32.1 Å². The van der Waals surface area contributed by atoms with Crippen molar-refractivity contribution in [3.63, 3.8) is 0 Å². The van der Waals surface area contributed by atoms with Gasteiger partial charge in [0, 0.05) is 37.8 Å². The molecule has 0 atom stereocenters. The first-order valence-corrected chi connectivity index (χ1v) is 14.0. The number of aromatic nitrogens is 3. The topological polar surface area (TPSA) is 159 Å². The molecule has 0 saturated carbocycles. The number of fused-ring (bicyclic) bond motifs is 1. The van der Waals surface area contributed by atoms with E-state index in [-0.39, 0.29) is 5.56 Å². The molecule has 12 nitrogen and oxygen atoms in total. The number of likely N-dealkylation sites (tertiary alicyclic amines) is 1. The predicted octanol–water partition coefficient (Wildman–Crippen LogP) is 2.41. The number of pyridine rings is 2. The maximum Gasteiger partial charge on any atom is 0.295 e. The Hall–Kier alpha value is -5.52. The van der Waals surface area contributed by atoms with E-state index in [0.717, 1.165) is 22.3 Å². The van der Waals surface area contributed by atoms with Gasteiger partial charge in [-0.25, -0.2) is 4.99 Å². The first-order valence-electron chi connectivity index (χ1n) is 14.0. The maximum absolute atomic E-state index is 13.6. The highest BCUT2D eigenvalue weighted by molar-refractivity contribution is 6.45. The van der Waals surface area contributed by atoms with Gasteiger partial charge in [0.05, 0.1) is 32.3 Å². The fraction of sp³-hybridized carbons (Fsp3) is 0.250. The van der Waals surface area contributed by atoms with Gasteiger partial charge in [-0.3, -0.25) is 9.59 Å². The molecule has 1 aliphatic rings. The van der Waals surface area contributed by atoms with E-state index >= 15 is 0 Å². The number of amides is 1. The monoisotopic (exact) mass is 596 g/mol. The number of piperidine rings is 1. The van der Waals surface area contributed by atoms with Crippen molar-refractivity contribution in [2.24, 2.45) is 10.7 Å². The van der Waals surface area contributed by atoms with E-state index in [1.807, 2.05) is 36.4 Å². The number of ether oxygens (including phenoxy) is 3. The zero-order valence-corrected chi connectivity index (χ0v) is 25.0. The van der Waals surface area contributed by atoms with Gasteiger partial charge in [0.25, 0.3) is 17.5 Å². The van der Waals surface area contributed by atoms with Crippen molar-refractivity contribution in [3.05, 3.63) is 77.1 Å². The van der Waals surface area contributed by atoms with Gasteiger partial charge in [0.15, 0.2) is 11.6 Å². The van der Waals surface area contributed by atoms with Crippen molar-refractivity contribution in [2.75, 3.05) is 34.4 Å². The number of nitrogens with one attached hydrogen (secondary N) is 2. The third-order valence-electron chi connectivity index (χ3n) is 7.38. The molecule has 0 bridgehead atoms. The fourth-order valence-corrected chi connectivity index (χ4v) is 5.28. The number of hydrogen-bond acceptors (Lipinski definition) is 7. The number of rotatable bonds is 9. The molecule has 44 heavy (non-hydrogen) atoms. The van der Waals surface area contributed by atoms with Crippen LogP contribution in [0.15, 0.2) is 65.4 Å². The van der Waals surface area contributed by atoms with Crippen molar-refractivity contribution in [2.45, 2.75) is 19.8 Å². The summed E-state index contributed by atoms with van der Waals surface area (Å²) in [4.78, 5) is 47.6. The van der Waals surface area contributed by atoms with Crippen LogP contribution >= 0.6 is 0 Å². The molecule has 0 aliphatic carbocycles. The fourth-order valence-electron chi connectivity index (χ4n) is 5.28. The van der Waals surface area contributed by atoms with Gasteiger partial charge < -0.3 is 29.8 Å². The Bertz CT molecular complexity index is 1780. The van der Waals surface area contributed by atoms with Crippen LogP contribution in [0.25, 0.3) is 16.5 Å². The van der Waals surface area contributed by atoms with Crippen LogP contribution in [-0.2, 0) is 4.79 Å². The third-order valence-corrected chi connectivity index (χ3v) is 7.38. The van der Waals surface area contributed by atoms with E-state index in [2.05, 4.69) is 24.9 Å². The molecule has 1 amide bonds. The molecule has 1 fully saturated rings. The molecule has 0 unspecified atom stereocenters. The van der Waals surface area contributed by atoms with Gasteiger partial charge in [0.2, 0.25) is 18.1 Å². The number of aliphatic imine (C=N–C) groups is 1. The lowest BCUT2D eigenvalue weighted by Crippen LogP contribution is -2.62. The molecule has 0 radical (unpaired) electrons. The number of benzene rings is 1. The van der Waals surface area contributed by atoms with Crippen molar-refractivity contribution in [1.82, 2.24) is 19.9 Å². The Labute approximate surface area is 254 Å². The molecule has 226 valence electrons. The van der Waals surface area contributed by atoms with Crippen molar-refractivity contribution < 1.29 is 28.8 Å². The number of methoxy groups -OCH3 is 3. The number of nitrogens with zero attached hydrogens (tertiary/aromatic N) is 4. The molecular formula is C32H34N7O5+. The van der Waals surface area contributed by atoms with Gasteiger partial charge in [-0.1, -0.05) is 40.9 Å². The Morgan fingerprint density at radius 1 is 1.02 bits per heavy atom. The quantitative estimate of drug-likeness (QED) is 0.115. The second-order valence-corrected chi connectivity index (χ2v) is 10.0. The summed E-state index contributed by atoms with van der Waals surface area (Å²) in [6.07, 6.45) is 5.54. The number of carbonyl (C=O) groups is 2. The van der Waals surface area contributed by atoms with Crippen molar-refractivity contribution in [1.29, 1.82) is 0 Å². The summed E-state index contributed by atoms with van der Waals surface area (Å²) in [7, 11) is 4.62. The molecule has 3 aromatic heterocycles. The number of amidine groups is 1. The van der Waals surface area contributed by atoms with Crippen LogP contribution in [-0.4, -0.2) is 78.1 Å².